The number of carbonyl (C=O) groups excluding carboxylic acids is 3. The number of hydrogen-bond donors (Lipinski definition) is 3. The van der Waals surface area contributed by atoms with Gasteiger partial charge >= 0.3 is 5.97 Å². The van der Waals surface area contributed by atoms with E-state index in [0.717, 1.165) is 5.57 Å². The summed E-state index contributed by atoms with van der Waals surface area (Å²) < 4.78 is 11.6. The second-order valence-electron chi connectivity index (χ2n) is 12.9. The molecule has 1 saturated heterocycles. The van der Waals surface area contributed by atoms with Crippen LogP contribution in [0.15, 0.2) is 23.3 Å². The van der Waals surface area contributed by atoms with Crippen LogP contribution in [0.25, 0.3) is 0 Å². The molecule has 2 aliphatic heterocycles. The summed E-state index contributed by atoms with van der Waals surface area (Å²) in [5.41, 5.74) is -7.03. The Morgan fingerprint density at radius 1 is 1.00 bits per heavy atom. The largest absolute Gasteiger partial charge is 0.455 e. The zero-order valence-corrected chi connectivity index (χ0v) is 21.6. The van der Waals surface area contributed by atoms with Gasteiger partial charge in [0.2, 0.25) is 0 Å². The van der Waals surface area contributed by atoms with Crippen LogP contribution in [0.5, 0.6) is 0 Å². The molecule has 0 amide bonds. The second-order valence-corrected chi connectivity index (χ2v) is 12.9. The van der Waals surface area contributed by atoms with E-state index in [1.807, 2.05) is 13.8 Å². The zero-order chi connectivity index (χ0) is 26.3. The molecule has 8 heteroatoms. The van der Waals surface area contributed by atoms with Crippen molar-refractivity contribution in [3.8, 4) is 0 Å². The molecule has 6 aliphatic rings. The molecule has 196 valence electrons. The fourth-order valence-corrected chi connectivity index (χ4v) is 9.24. The standard InChI is InChI=1S/C28H36O8/c1-14-12-20(35-22(31)15(14)2)25(5,32)27(34)11-10-26(33)17-13-21-28(36-21)19(30)7-6-18(29)24(28,4)16(17)8-9-23(26,27)3/h6-7,16-17,20-21,32-34H,8-13H2,1-5H3/t16?,17?,20?,21-,23+,24+,25?,26-,27+,28-/m1/s1. The molecule has 4 aliphatic carbocycles. The van der Waals surface area contributed by atoms with Gasteiger partial charge in [0.05, 0.1) is 17.1 Å². The number of epoxide rings is 1. The third kappa shape index (κ3) is 2.35. The Bertz CT molecular complexity index is 1170. The first-order chi connectivity index (χ1) is 16.6. The molecule has 2 heterocycles. The van der Waals surface area contributed by atoms with Crippen molar-refractivity contribution in [3.63, 3.8) is 0 Å². The summed E-state index contributed by atoms with van der Waals surface area (Å²) in [6.07, 6.45) is 3.13. The van der Waals surface area contributed by atoms with E-state index in [4.69, 9.17) is 9.47 Å². The van der Waals surface area contributed by atoms with Crippen LogP contribution >= 0.6 is 0 Å². The lowest BCUT2D eigenvalue weighted by atomic mass is 9.42. The minimum Gasteiger partial charge on any atom is -0.455 e. The molecule has 10 atom stereocenters. The zero-order valence-electron chi connectivity index (χ0n) is 21.6. The van der Waals surface area contributed by atoms with Crippen molar-refractivity contribution >= 4 is 17.5 Å². The summed E-state index contributed by atoms with van der Waals surface area (Å²) in [5.74, 6) is -1.54. The normalized spacial score (nSPS) is 53.2. The van der Waals surface area contributed by atoms with Crippen molar-refractivity contribution < 1.29 is 39.2 Å². The molecular weight excluding hydrogens is 464 g/mol. The van der Waals surface area contributed by atoms with E-state index in [1.54, 1.807) is 13.8 Å². The van der Waals surface area contributed by atoms with Crippen LogP contribution in [0, 0.1) is 22.7 Å². The van der Waals surface area contributed by atoms with Gasteiger partial charge in [-0.3, -0.25) is 9.59 Å². The minimum absolute atomic E-state index is 0.117. The molecule has 0 aromatic rings. The molecule has 0 radical (unpaired) electrons. The number of hydrogen-bond acceptors (Lipinski definition) is 8. The van der Waals surface area contributed by atoms with Crippen LogP contribution in [-0.2, 0) is 23.9 Å². The monoisotopic (exact) mass is 500 g/mol. The third-order valence-corrected chi connectivity index (χ3v) is 11.9. The molecule has 4 fully saturated rings. The summed E-state index contributed by atoms with van der Waals surface area (Å²) in [7, 11) is 0. The predicted octanol–water partition coefficient (Wildman–Crippen LogP) is 1.93. The van der Waals surface area contributed by atoms with Gasteiger partial charge in [-0.15, -0.1) is 0 Å². The van der Waals surface area contributed by atoms with E-state index >= 15 is 0 Å². The lowest BCUT2D eigenvalue weighted by molar-refractivity contribution is -0.282. The van der Waals surface area contributed by atoms with Gasteiger partial charge in [-0.1, -0.05) is 12.5 Å². The Morgan fingerprint density at radius 2 is 1.67 bits per heavy atom. The number of carbonyl (C=O) groups is 3. The summed E-state index contributed by atoms with van der Waals surface area (Å²) >= 11 is 0. The molecule has 8 nitrogen and oxygen atoms in total. The van der Waals surface area contributed by atoms with Gasteiger partial charge < -0.3 is 24.8 Å². The second kappa shape index (κ2) is 6.76. The van der Waals surface area contributed by atoms with Gasteiger partial charge in [-0.05, 0) is 83.8 Å². The SMILES string of the molecule is CC1=C(C)C(=O)OC(C(C)(O)[C@]2(O)CC[C@@]3(O)C4C[C@H]5O[C@]56C(=O)C=CC(=O)[C@]6(C)C4CC[C@@]32C)C1. The number of allylic oxidation sites excluding steroid dienone is 1. The maximum atomic E-state index is 13.3. The van der Waals surface area contributed by atoms with Crippen LogP contribution in [0.1, 0.15) is 73.1 Å². The highest BCUT2D eigenvalue weighted by Crippen LogP contribution is 2.74. The number of fused-ring (bicyclic) bond motifs is 4. The van der Waals surface area contributed by atoms with Gasteiger partial charge in [-0.25, -0.2) is 4.79 Å². The maximum absolute atomic E-state index is 13.3. The van der Waals surface area contributed by atoms with Crippen LogP contribution in [0.3, 0.4) is 0 Å². The van der Waals surface area contributed by atoms with Crippen molar-refractivity contribution in [1.29, 1.82) is 0 Å². The average molecular weight is 501 g/mol. The quantitative estimate of drug-likeness (QED) is 0.387. The Hall–Kier alpha value is -1.87. The first kappa shape index (κ1) is 24.5. The highest BCUT2D eigenvalue weighted by atomic mass is 16.6. The van der Waals surface area contributed by atoms with Crippen molar-refractivity contribution in [1.82, 2.24) is 0 Å². The van der Waals surface area contributed by atoms with E-state index in [2.05, 4.69) is 0 Å². The molecule has 0 bridgehead atoms. The highest BCUT2D eigenvalue weighted by Gasteiger charge is 2.84. The summed E-state index contributed by atoms with van der Waals surface area (Å²) in [4.78, 5) is 38.7. The summed E-state index contributed by atoms with van der Waals surface area (Å²) in [6, 6.07) is 0. The Labute approximate surface area is 210 Å². The fourth-order valence-electron chi connectivity index (χ4n) is 9.24. The molecule has 3 saturated carbocycles. The van der Waals surface area contributed by atoms with Crippen molar-refractivity contribution in [2.75, 3.05) is 0 Å². The first-order valence-corrected chi connectivity index (χ1v) is 13.1. The molecule has 6 rings (SSSR count). The predicted molar refractivity (Wildman–Crippen MR) is 126 cm³/mol. The lowest BCUT2D eigenvalue weighted by Gasteiger charge is -2.63. The van der Waals surface area contributed by atoms with E-state index in [9.17, 15) is 29.7 Å². The molecule has 1 spiro atoms. The summed E-state index contributed by atoms with van der Waals surface area (Å²) in [5, 5.41) is 36.7. The number of rotatable bonds is 2. The van der Waals surface area contributed by atoms with E-state index in [1.165, 1.54) is 19.1 Å². The molecular formula is C28H36O8. The van der Waals surface area contributed by atoms with E-state index in [-0.39, 0.29) is 30.3 Å². The van der Waals surface area contributed by atoms with Gasteiger partial charge in [0.25, 0.3) is 0 Å². The molecule has 3 N–H and O–H groups in total. The number of aliphatic hydroxyl groups is 3. The number of ether oxygens (including phenoxy) is 2. The van der Waals surface area contributed by atoms with Crippen molar-refractivity contribution in [2.45, 2.75) is 108 Å². The minimum atomic E-state index is -1.82. The number of esters is 1. The maximum Gasteiger partial charge on any atom is 0.334 e. The van der Waals surface area contributed by atoms with Crippen LogP contribution in [0.2, 0.25) is 0 Å². The van der Waals surface area contributed by atoms with Crippen LogP contribution in [-0.4, -0.2) is 67.5 Å². The Kier molecular flexibility index (Phi) is 4.59. The van der Waals surface area contributed by atoms with Gasteiger partial charge in [0.15, 0.2) is 17.2 Å². The van der Waals surface area contributed by atoms with Crippen molar-refractivity contribution in [2.24, 2.45) is 22.7 Å². The van der Waals surface area contributed by atoms with Gasteiger partial charge in [-0.2, -0.15) is 0 Å². The number of ketones is 2. The lowest BCUT2D eigenvalue weighted by Crippen LogP contribution is -2.73. The van der Waals surface area contributed by atoms with Crippen LogP contribution in [0.4, 0.5) is 0 Å². The van der Waals surface area contributed by atoms with Gasteiger partial charge in [0, 0.05) is 17.4 Å². The fraction of sp³-hybridized carbons (Fsp3) is 0.750. The number of cyclic esters (lactones) is 1. The van der Waals surface area contributed by atoms with E-state index < -0.39 is 57.3 Å². The molecule has 0 aromatic heterocycles. The smallest absolute Gasteiger partial charge is 0.334 e. The topological polar surface area (TPSA) is 134 Å². The Morgan fingerprint density at radius 3 is 2.33 bits per heavy atom. The van der Waals surface area contributed by atoms with Crippen LogP contribution < -0.4 is 0 Å². The third-order valence-electron chi connectivity index (χ3n) is 11.9. The van der Waals surface area contributed by atoms with Gasteiger partial charge in [0.1, 0.15) is 17.3 Å². The van der Waals surface area contributed by atoms with E-state index in [0.29, 0.717) is 31.3 Å². The van der Waals surface area contributed by atoms with Crippen molar-refractivity contribution in [3.05, 3.63) is 23.3 Å². The first-order valence-electron chi connectivity index (χ1n) is 13.1. The average Bonchev–Trinajstić information content (AvgIpc) is 3.51. The molecule has 4 unspecified atom stereocenters. The molecule has 36 heavy (non-hydrogen) atoms. The summed E-state index contributed by atoms with van der Waals surface area (Å²) in [6.45, 7) is 8.63. The Balaban J connectivity index is 1.39. The molecule has 0 aromatic carbocycles. The highest BCUT2D eigenvalue weighted by molar-refractivity contribution is 6.15.